The molecule has 2 aromatic heterocycles. The van der Waals surface area contributed by atoms with Crippen LogP contribution in [0.2, 0.25) is 0 Å². The lowest BCUT2D eigenvalue weighted by Crippen LogP contribution is -2.29. The van der Waals surface area contributed by atoms with Crippen molar-refractivity contribution < 1.29 is 9.53 Å². The summed E-state index contributed by atoms with van der Waals surface area (Å²) in [5.41, 5.74) is 1.44. The maximum absolute atomic E-state index is 12.3. The predicted molar refractivity (Wildman–Crippen MR) is 91.0 cm³/mol. The van der Waals surface area contributed by atoms with Gasteiger partial charge in [0.15, 0.2) is 5.65 Å². The van der Waals surface area contributed by atoms with Crippen molar-refractivity contribution in [2.45, 2.75) is 44.1 Å². The van der Waals surface area contributed by atoms with Crippen LogP contribution in [0.15, 0.2) is 17.1 Å². The Bertz CT molecular complexity index is 790. The van der Waals surface area contributed by atoms with Gasteiger partial charge < -0.3 is 15.0 Å². The largest absolute Gasteiger partial charge is 0.459 e. The Morgan fingerprint density at radius 2 is 2.00 bits per heavy atom. The number of carbonyl (C=O) groups is 1. The molecule has 4 rings (SSSR count). The second-order valence-corrected chi connectivity index (χ2v) is 6.36. The Morgan fingerprint density at radius 1 is 1.25 bits per heavy atom. The SMILES string of the molecule is Cl.O=C(OC1CCC1)c1cnn2c(C3CCNCC3)cc(=O)[nH]c12. The number of nitrogens with zero attached hydrogens (tertiary/aromatic N) is 2. The molecule has 0 spiro atoms. The van der Waals surface area contributed by atoms with Gasteiger partial charge in [0.1, 0.15) is 11.7 Å². The quantitative estimate of drug-likeness (QED) is 0.819. The number of aromatic amines is 1. The topological polar surface area (TPSA) is 88.5 Å². The van der Waals surface area contributed by atoms with Crippen LogP contribution < -0.4 is 10.9 Å². The van der Waals surface area contributed by atoms with Gasteiger partial charge in [-0.3, -0.25) is 4.79 Å². The fourth-order valence-electron chi connectivity index (χ4n) is 3.27. The molecule has 0 radical (unpaired) electrons. The van der Waals surface area contributed by atoms with Gasteiger partial charge >= 0.3 is 5.97 Å². The van der Waals surface area contributed by atoms with E-state index in [0.29, 0.717) is 11.2 Å². The first-order valence-electron chi connectivity index (χ1n) is 8.25. The number of rotatable bonds is 3. The molecule has 0 unspecified atom stereocenters. The summed E-state index contributed by atoms with van der Waals surface area (Å²) in [6, 6.07) is 1.59. The lowest BCUT2D eigenvalue weighted by Gasteiger charge is -2.25. The highest BCUT2D eigenvalue weighted by atomic mass is 35.5. The van der Waals surface area contributed by atoms with Crippen LogP contribution in [0.5, 0.6) is 0 Å². The van der Waals surface area contributed by atoms with Crippen molar-refractivity contribution in [1.82, 2.24) is 19.9 Å². The highest BCUT2D eigenvalue weighted by Crippen LogP contribution is 2.26. The van der Waals surface area contributed by atoms with E-state index in [-0.39, 0.29) is 30.0 Å². The average molecular weight is 353 g/mol. The molecule has 2 aromatic rings. The van der Waals surface area contributed by atoms with E-state index in [1.807, 2.05) is 0 Å². The van der Waals surface area contributed by atoms with E-state index < -0.39 is 5.97 Å². The third kappa shape index (κ3) is 3.06. The maximum atomic E-state index is 12.3. The van der Waals surface area contributed by atoms with Crippen molar-refractivity contribution >= 4 is 24.0 Å². The van der Waals surface area contributed by atoms with E-state index >= 15 is 0 Å². The van der Waals surface area contributed by atoms with E-state index in [4.69, 9.17) is 4.74 Å². The molecule has 0 amide bonds. The first-order chi connectivity index (χ1) is 11.2. The first-order valence-corrected chi connectivity index (χ1v) is 8.25. The minimum atomic E-state index is -0.400. The van der Waals surface area contributed by atoms with E-state index in [1.54, 1.807) is 10.6 Å². The zero-order chi connectivity index (χ0) is 15.8. The first kappa shape index (κ1) is 17.0. The lowest BCUT2D eigenvalue weighted by molar-refractivity contribution is 0.00920. The molecular formula is C16H21ClN4O3. The van der Waals surface area contributed by atoms with E-state index in [1.165, 1.54) is 6.20 Å². The molecule has 2 N–H and O–H groups in total. The van der Waals surface area contributed by atoms with Gasteiger partial charge in [-0.15, -0.1) is 12.4 Å². The number of H-pyrrole nitrogens is 1. The Hall–Kier alpha value is -1.86. The Labute approximate surface area is 145 Å². The van der Waals surface area contributed by atoms with Crippen LogP contribution in [0.3, 0.4) is 0 Å². The summed E-state index contributed by atoms with van der Waals surface area (Å²) in [4.78, 5) is 27.1. The zero-order valence-electron chi connectivity index (χ0n) is 13.3. The zero-order valence-corrected chi connectivity index (χ0v) is 14.1. The fourth-order valence-corrected chi connectivity index (χ4v) is 3.27. The van der Waals surface area contributed by atoms with Gasteiger partial charge in [0.2, 0.25) is 0 Å². The summed E-state index contributed by atoms with van der Waals surface area (Å²) in [6.45, 7) is 1.85. The van der Waals surface area contributed by atoms with Crippen molar-refractivity contribution in [2.75, 3.05) is 13.1 Å². The molecule has 24 heavy (non-hydrogen) atoms. The van der Waals surface area contributed by atoms with Crippen molar-refractivity contribution in [3.8, 4) is 0 Å². The summed E-state index contributed by atoms with van der Waals surface area (Å²) < 4.78 is 7.13. The number of halogens is 1. The molecule has 1 aliphatic carbocycles. The Kier molecular flexibility index (Phi) is 4.91. The van der Waals surface area contributed by atoms with Crippen molar-refractivity contribution in [3.63, 3.8) is 0 Å². The molecule has 2 fully saturated rings. The van der Waals surface area contributed by atoms with Gasteiger partial charge in [-0.2, -0.15) is 5.10 Å². The van der Waals surface area contributed by atoms with Crippen LogP contribution in [-0.2, 0) is 4.74 Å². The van der Waals surface area contributed by atoms with Gasteiger partial charge in [-0.05, 0) is 45.2 Å². The van der Waals surface area contributed by atoms with Crippen LogP contribution in [-0.4, -0.2) is 39.8 Å². The molecule has 7 nitrogen and oxygen atoms in total. The standard InChI is InChI=1S/C16H20N4O3.ClH/c21-14-8-13(10-4-6-17-7-5-10)20-15(19-14)12(9-18-20)16(22)23-11-2-1-3-11;/h8-11,17H,1-7H2,(H,19,21);1H. The molecule has 2 aliphatic rings. The third-order valence-corrected chi connectivity index (χ3v) is 4.84. The van der Waals surface area contributed by atoms with Crippen LogP contribution in [0, 0.1) is 0 Å². The summed E-state index contributed by atoms with van der Waals surface area (Å²) in [6.07, 6.45) is 6.36. The molecule has 3 heterocycles. The maximum Gasteiger partial charge on any atom is 0.343 e. The number of fused-ring (bicyclic) bond motifs is 1. The highest BCUT2D eigenvalue weighted by molar-refractivity contribution is 5.95. The molecule has 1 saturated carbocycles. The summed E-state index contributed by atoms with van der Waals surface area (Å²) in [5, 5.41) is 7.65. The molecule has 130 valence electrons. The Balaban J connectivity index is 0.00000169. The summed E-state index contributed by atoms with van der Waals surface area (Å²) >= 11 is 0. The number of carbonyl (C=O) groups excluding carboxylic acids is 1. The van der Waals surface area contributed by atoms with E-state index in [0.717, 1.165) is 50.9 Å². The van der Waals surface area contributed by atoms with E-state index in [9.17, 15) is 9.59 Å². The smallest absolute Gasteiger partial charge is 0.343 e. The number of esters is 1. The van der Waals surface area contributed by atoms with Crippen LogP contribution in [0.25, 0.3) is 5.65 Å². The van der Waals surface area contributed by atoms with Crippen LogP contribution in [0.4, 0.5) is 0 Å². The van der Waals surface area contributed by atoms with Gasteiger partial charge in [0.25, 0.3) is 5.56 Å². The van der Waals surface area contributed by atoms with E-state index in [2.05, 4.69) is 15.4 Å². The molecule has 8 heteroatoms. The monoisotopic (exact) mass is 352 g/mol. The van der Waals surface area contributed by atoms with Crippen LogP contribution >= 0.6 is 12.4 Å². The second kappa shape index (κ2) is 6.94. The minimum absolute atomic E-state index is 0. The summed E-state index contributed by atoms with van der Waals surface area (Å²) in [7, 11) is 0. The molecule has 1 saturated heterocycles. The summed E-state index contributed by atoms with van der Waals surface area (Å²) in [5.74, 6) is -0.126. The fraction of sp³-hybridized carbons (Fsp3) is 0.562. The van der Waals surface area contributed by atoms with Gasteiger partial charge in [0, 0.05) is 12.0 Å². The molecular weight excluding hydrogens is 332 g/mol. The van der Waals surface area contributed by atoms with Crippen LogP contribution in [0.1, 0.15) is 54.1 Å². The number of ether oxygens (including phenoxy) is 1. The minimum Gasteiger partial charge on any atom is -0.459 e. The predicted octanol–water partition coefficient (Wildman–Crippen LogP) is 1.62. The van der Waals surface area contributed by atoms with Gasteiger partial charge in [-0.1, -0.05) is 0 Å². The van der Waals surface area contributed by atoms with Crippen molar-refractivity contribution in [1.29, 1.82) is 0 Å². The number of nitrogens with one attached hydrogen (secondary N) is 2. The number of piperidine rings is 1. The molecule has 0 aromatic carbocycles. The molecule has 0 atom stereocenters. The van der Waals surface area contributed by atoms with Gasteiger partial charge in [0.05, 0.1) is 11.9 Å². The highest BCUT2D eigenvalue weighted by Gasteiger charge is 2.26. The normalized spacial score (nSPS) is 18.8. The molecule has 1 aliphatic heterocycles. The number of aromatic nitrogens is 3. The van der Waals surface area contributed by atoms with Gasteiger partial charge in [-0.25, -0.2) is 9.31 Å². The van der Waals surface area contributed by atoms with Crippen molar-refractivity contribution in [2.24, 2.45) is 0 Å². The number of hydrogen-bond donors (Lipinski definition) is 2. The Morgan fingerprint density at radius 3 is 2.67 bits per heavy atom. The second-order valence-electron chi connectivity index (χ2n) is 6.36. The lowest BCUT2D eigenvalue weighted by atomic mass is 9.94. The third-order valence-electron chi connectivity index (χ3n) is 4.84. The molecule has 0 bridgehead atoms. The average Bonchev–Trinajstić information content (AvgIpc) is 2.94. The van der Waals surface area contributed by atoms with Crippen molar-refractivity contribution in [3.05, 3.63) is 33.9 Å². The number of hydrogen-bond acceptors (Lipinski definition) is 5.